The van der Waals surface area contributed by atoms with Gasteiger partial charge in [0.05, 0.1) is 32.5 Å². The molecule has 0 saturated heterocycles. The minimum Gasteiger partial charge on any atom is -0.506 e. The molecule has 3 aromatic carbocycles. The van der Waals surface area contributed by atoms with E-state index in [-0.39, 0.29) is 45.5 Å². The van der Waals surface area contributed by atoms with E-state index in [1.54, 1.807) is 30.3 Å². The number of rotatable bonds is 5. The lowest BCUT2D eigenvalue weighted by Crippen LogP contribution is -2.03. The van der Waals surface area contributed by atoms with Crippen LogP contribution >= 0.6 is 23.2 Å². The number of aromatic hydroxyl groups is 1. The zero-order valence-corrected chi connectivity index (χ0v) is 18.5. The van der Waals surface area contributed by atoms with E-state index in [0.29, 0.717) is 21.4 Å². The van der Waals surface area contributed by atoms with Crippen molar-refractivity contribution in [1.29, 1.82) is 0 Å². The number of carboxylic acids is 2. The Labute approximate surface area is 216 Å². The smallest absolute Gasteiger partial charge is 0.339 e. The van der Waals surface area contributed by atoms with Crippen LogP contribution in [0.1, 0.15) is 43.6 Å². The summed E-state index contributed by atoms with van der Waals surface area (Å²) in [6, 6.07) is 14.1. The van der Waals surface area contributed by atoms with Crippen molar-refractivity contribution >= 4 is 75.4 Å². The summed E-state index contributed by atoms with van der Waals surface area (Å²) in [5, 5.41) is 31.0. The first kappa shape index (κ1) is 28.2. The van der Waals surface area contributed by atoms with Crippen LogP contribution in [0.2, 0.25) is 10.0 Å². The Morgan fingerprint density at radius 3 is 1.94 bits per heavy atom. The number of Topliss-reactive ketones (excluding diaryl/α,β-unsaturated/α-hetero) is 1. The van der Waals surface area contributed by atoms with Gasteiger partial charge in [-0.25, -0.2) is 9.59 Å². The average Bonchev–Trinajstić information content (AvgIpc) is 2.74. The minimum atomic E-state index is -1.25. The van der Waals surface area contributed by atoms with Crippen LogP contribution in [0, 0.1) is 6.92 Å². The summed E-state index contributed by atoms with van der Waals surface area (Å²) in [5.41, 5.74) is 1.76. The Morgan fingerprint density at radius 2 is 1.36 bits per heavy atom. The van der Waals surface area contributed by atoms with Crippen molar-refractivity contribution in [3.63, 3.8) is 0 Å². The molecule has 0 spiro atoms. The van der Waals surface area contributed by atoms with E-state index in [2.05, 4.69) is 5.32 Å². The number of phenols is 1. The first-order chi connectivity index (χ1) is 15.0. The van der Waals surface area contributed by atoms with Crippen LogP contribution in [0.15, 0.2) is 54.6 Å². The Balaban J connectivity index is 0.000000343. The van der Waals surface area contributed by atoms with Crippen LogP contribution in [0.4, 0.5) is 11.4 Å². The molecule has 3 rings (SSSR count). The average molecular weight is 503 g/mol. The van der Waals surface area contributed by atoms with Crippen molar-refractivity contribution in [2.24, 2.45) is 0 Å². The van der Waals surface area contributed by atoms with Gasteiger partial charge in [-0.05, 0) is 49.7 Å². The number of carboxylic acid groups (broad SMARTS) is 2. The lowest BCUT2D eigenvalue weighted by Gasteiger charge is -2.13. The van der Waals surface area contributed by atoms with E-state index in [4.69, 9.17) is 33.4 Å². The number of aryl methyl sites for hydroxylation is 1. The van der Waals surface area contributed by atoms with Crippen LogP contribution < -0.4 is 5.32 Å². The summed E-state index contributed by atoms with van der Waals surface area (Å²) in [7, 11) is 0. The zero-order chi connectivity index (χ0) is 24.0. The molecule has 170 valence electrons. The predicted molar refractivity (Wildman–Crippen MR) is 131 cm³/mol. The molecule has 0 heterocycles. The van der Waals surface area contributed by atoms with Crippen molar-refractivity contribution in [3.05, 3.63) is 86.9 Å². The molecular formula is C23H21Cl2MgNO6. The lowest BCUT2D eigenvalue weighted by molar-refractivity contribution is 0.0684. The van der Waals surface area contributed by atoms with Gasteiger partial charge >= 0.3 is 35.0 Å². The molecule has 0 radical (unpaired) electrons. The highest BCUT2D eigenvalue weighted by molar-refractivity contribution is 6.39. The van der Waals surface area contributed by atoms with Gasteiger partial charge in [0.15, 0.2) is 5.78 Å². The van der Waals surface area contributed by atoms with Crippen LogP contribution in [0.3, 0.4) is 0 Å². The van der Waals surface area contributed by atoms with Gasteiger partial charge in [0.25, 0.3) is 0 Å². The number of carbonyl (C=O) groups is 3. The van der Waals surface area contributed by atoms with E-state index in [1.165, 1.54) is 31.2 Å². The lowest BCUT2D eigenvalue weighted by atomic mass is 10.1. The van der Waals surface area contributed by atoms with E-state index < -0.39 is 17.7 Å². The van der Waals surface area contributed by atoms with Crippen LogP contribution in [0.25, 0.3) is 0 Å². The molecule has 0 atom stereocenters. The van der Waals surface area contributed by atoms with Gasteiger partial charge in [0.2, 0.25) is 0 Å². The normalized spacial score (nSPS) is 9.70. The van der Waals surface area contributed by atoms with E-state index >= 15 is 0 Å². The third kappa shape index (κ3) is 7.10. The van der Waals surface area contributed by atoms with Crippen LogP contribution in [0.5, 0.6) is 5.75 Å². The number of aromatic carboxylic acids is 2. The molecule has 0 aliphatic carbocycles. The predicted octanol–water partition coefficient (Wildman–Crippen LogP) is 5.12. The van der Waals surface area contributed by atoms with E-state index in [0.717, 1.165) is 5.56 Å². The fourth-order valence-corrected chi connectivity index (χ4v) is 3.15. The summed E-state index contributed by atoms with van der Waals surface area (Å²) in [5.74, 6) is -3.09. The Kier molecular flexibility index (Phi) is 10.7. The fourth-order valence-electron chi connectivity index (χ4n) is 2.68. The summed E-state index contributed by atoms with van der Waals surface area (Å²) in [6.45, 7) is 3.12. The molecule has 0 aliphatic heterocycles. The molecule has 33 heavy (non-hydrogen) atoms. The topological polar surface area (TPSA) is 124 Å². The number of anilines is 2. The van der Waals surface area contributed by atoms with Crippen molar-refractivity contribution in [2.75, 3.05) is 5.32 Å². The second-order valence-electron chi connectivity index (χ2n) is 6.59. The van der Waals surface area contributed by atoms with Gasteiger partial charge in [0, 0.05) is 0 Å². The highest BCUT2D eigenvalue weighted by Crippen LogP contribution is 2.35. The second kappa shape index (κ2) is 12.5. The quantitative estimate of drug-likeness (QED) is 0.282. The molecule has 0 fully saturated rings. The maximum absolute atomic E-state index is 11.1. The number of benzene rings is 3. The third-order valence-corrected chi connectivity index (χ3v) is 5.15. The number of ketones is 1. The Bertz CT molecular complexity index is 1170. The van der Waals surface area contributed by atoms with Crippen molar-refractivity contribution in [1.82, 2.24) is 0 Å². The standard InChI is InChI=1S/C14H11Cl2NO2.C9H8O4.Mg.2H/c1-8-6-7-10(15)13(12(8)16)17-11-5-3-2-4-9(11)14(18)19;1-5(10)6-3-2-4-7(8(6)11)9(12)13;;;/h2-7,17H,1H3,(H,18,19);2-4,11H,1H3,(H,12,13);;;. The second-order valence-corrected chi connectivity index (χ2v) is 7.38. The number of halogens is 2. The van der Waals surface area contributed by atoms with E-state index in [9.17, 15) is 19.5 Å². The number of hydrogen-bond donors (Lipinski definition) is 4. The largest absolute Gasteiger partial charge is 0.506 e. The molecule has 3 aromatic rings. The van der Waals surface area contributed by atoms with Gasteiger partial charge in [-0.3, -0.25) is 4.79 Å². The van der Waals surface area contributed by atoms with Gasteiger partial charge in [-0.1, -0.05) is 47.5 Å². The number of hydrogen-bond acceptors (Lipinski definition) is 5. The maximum atomic E-state index is 11.1. The van der Waals surface area contributed by atoms with Crippen molar-refractivity contribution in [2.45, 2.75) is 13.8 Å². The molecule has 0 amide bonds. The highest BCUT2D eigenvalue weighted by atomic mass is 35.5. The molecule has 7 nitrogen and oxygen atoms in total. The number of carbonyl (C=O) groups excluding carboxylic acids is 1. The summed E-state index contributed by atoms with van der Waals surface area (Å²) in [6.07, 6.45) is 0. The molecule has 0 aliphatic rings. The third-order valence-electron chi connectivity index (χ3n) is 4.35. The molecule has 10 heteroatoms. The molecule has 0 unspecified atom stereocenters. The van der Waals surface area contributed by atoms with Gasteiger partial charge in [0.1, 0.15) is 11.3 Å². The molecule has 0 aromatic heterocycles. The Morgan fingerprint density at radius 1 is 0.818 bits per heavy atom. The molecular weight excluding hydrogens is 481 g/mol. The van der Waals surface area contributed by atoms with E-state index in [1.807, 2.05) is 6.92 Å². The monoisotopic (exact) mass is 501 g/mol. The Hall–Kier alpha value is -2.78. The van der Waals surface area contributed by atoms with Gasteiger partial charge in [-0.15, -0.1) is 0 Å². The number of para-hydroxylation sites is 2. The maximum Gasteiger partial charge on any atom is 0.339 e. The zero-order valence-electron chi connectivity index (χ0n) is 17.0. The highest BCUT2D eigenvalue weighted by Gasteiger charge is 2.15. The minimum absolute atomic E-state index is 0. The first-order valence-electron chi connectivity index (χ1n) is 9.14. The summed E-state index contributed by atoms with van der Waals surface area (Å²) >= 11 is 12.3. The fraction of sp³-hybridized carbons (Fsp3) is 0.0870. The first-order valence-corrected chi connectivity index (χ1v) is 9.90. The number of nitrogens with one attached hydrogen (secondary N) is 1. The molecule has 0 saturated carbocycles. The SMILES string of the molecule is CC(=O)c1cccc(C(=O)O)c1O.Cc1ccc(Cl)c(Nc2ccccc2C(=O)O)c1Cl.[MgH2]. The van der Waals surface area contributed by atoms with Gasteiger partial charge in [-0.2, -0.15) is 0 Å². The van der Waals surface area contributed by atoms with Crippen LogP contribution in [-0.2, 0) is 0 Å². The molecule has 0 bridgehead atoms. The van der Waals surface area contributed by atoms with Crippen molar-refractivity contribution < 1.29 is 29.7 Å². The summed E-state index contributed by atoms with van der Waals surface area (Å²) in [4.78, 5) is 32.6. The van der Waals surface area contributed by atoms with Crippen LogP contribution in [-0.4, -0.2) is 56.1 Å². The summed E-state index contributed by atoms with van der Waals surface area (Å²) < 4.78 is 0. The van der Waals surface area contributed by atoms with Gasteiger partial charge < -0.3 is 20.6 Å². The molecule has 4 N–H and O–H groups in total. The van der Waals surface area contributed by atoms with Crippen molar-refractivity contribution in [3.8, 4) is 5.75 Å².